The second-order valence-corrected chi connectivity index (χ2v) is 6.24. The maximum atomic E-state index is 12.5. The Morgan fingerprint density at radius 2 is 1.69 bits per heavy atom. The van der Waals surface area contributed by atoms with Crippen LogP contribution in [-0.2, 0) is 28.6 Å². The van der Waals surface area contributed by atoms with E-state index in [0.717, 1.165) is 5.56 Å². The van der Waals surface area contributed by atoms with Crippen molar-refractivity contribution in [3.8, 4) is 11.5 Å². The molecular weight excluding hydrogens is 389 g/mol. The standard InChI is InChI=1S/C19H15F3N4O3/c1-11(27)24-14-5-2-12(3-6-14)8-15(28)9-13-4-7-16(23-10-13)17-25-18(29-26-17)19(20,21)22/h2-7,10H,8-9H2,1H3,(H,24,27). The van der Waals surface area contributed by atoms with Crippen LogP contribution in [0.2, 0.25) is 0 Å². The van der Waals surface area contributed by atoms with Gasteiger partial charge in [-0.1, -0.05) is 23.4 Å². The second-order valence-electron chi connectivity index (χ2n) is 6.24. The molecule has 0 aliphatic heterocycles. The van der Waals surface area contributed by atoms with Crippen LogP contribution in [-0.4, -0.2) is 26.8 Å². The molecule has 1 amide bonds. The van der Waals surface area contributed by atoms with E-state index < -0.39 is 12.1 Å². The topological polar surface area (TPSA) is 98.0 Å². The first-order chi connectivity index (χ1) is 13.7. The lowest BCUT2D eigenvalue weighted by Crippen LogP contribution is -2.08. The number of carbonyl (C=O) groups excluding carboxylic acids is 2. The summed E-state index contributed by atoms with van der Waals surface area (Å²) in [4.78, 5) is 30.5. The summed E-state index contributed by atoms with van der Waals surface area (Å²) in [6.07, 6.45) is -3.03. The molecule has 2 aromatic heterocycles. The summed E-state index contributed by atoms with van der Waals surface area (Å²) in [5.41, 5.74) is 2.14. The molecule has 150 valence electrons. The smallest absolute Gasteiger partial charge is 0.329 e. The quantitative estimate of drug-likeness (QED) is 0.676. The van der Waals surface area contributed by atoms with Gasteiger partial charge in [0, 0.05) is 31.6 Å². The normalized spacial score (nSPS) is 11.3. The van der Waals surface area contributed by atoms with E-state index in [0.29, 0.717) is 11.3 Å². The number of amides is 1. The molecule has 3 aromatic rings. The lowest BCUT2D eigenvalue weighted by atomic mass is 10.0. The predicted octanol–water partition coefficient (Wildman–Crippen LogP) is 3.46. The van der Waals surface area contributed by atoms with Crippen LogP contribution in [0.3, 0.4) is 0 Å². The van der Waals surface area contributed by atoms with Gasteiger partial charge in [0.05, 0.1) is 0 Å². The Bertz CT molecular complexity index is 1010. The van der Waals surface area contributed by atoms with Crippen molar-refractivity contribution < 1.29 is 27.3 Å². The van der Waals surface area contributed by atoms with Gasteiger partial charge in [-0.05, 0) is 29.3 Å². The van der Waals surface area contributed by atoms with Crippen LogP contribution >= 0.6 is 0 Å². The molecule has 1 N–H and O–H groups in total. The molecule has 0 aliphatic carbocycles. The second kappa shape index (κ2) is 8.21. The van der Waals surface area contributed by atoms with E-state index in [1.165, 1.54) is 19.2 Å². The zero-order valence-corrected chi connectivity index (χ0v) is 15.2. The van der Waals surface area contributed by atoms with E-state index >= 15 is 0 Å². The van der Waals surface area contributed by atoms with Gasteiger partial charge in [0.15, 0.2) is 0 Å². The molecule has 0 aliphatic rings. The molecule has 0 saturated carbocycles. The molecule has 7 nitrogen and oxygen atoms in total. The van der Waals surface area contributed by atoms with Crippen LogP contribution < -0.4 is 5.32 Å². The minimum atomic E-state index is -4.72. The van der Waals surface area contributed by atoms with Gasteiger partial charge in [-0.2, -0.15) is 18.2 Å². The number of rotatable bonds is 6. The minimum absolute atomic E-state index is 0.0641. The Labute approximate surface area is 163 Å². The molecule has 3 rings (SSSR count). The van der Waals surface area contributed by atoms with E-state index in [4.69, 9.17) is 0 Å². The number of hydrogen-bond donors (Lipinski definition) is 1. The number of aromatic nitrogens is 3. The van der Waals surface area contributed by atoms with Crippen molar-refractivity contribution in [2.24, 2.45) is 0 Å². The summed E-state index contributed by atoms with van der Waals surface area (Å²) in [5.74, 6) is -1.97. The summed E-state index contributed by atoms with van der Waals surface area (Å²) in [5, 5.41) is 5.90. The number of Topliss-reactive ketones (excluding diaryl/α,β-unsaturated/α-hetero) is 1. The fourth-order valence-electron chi connectivity index (χ4n) is 2.53. The Hall–Kier alpha value is -3.56. The lowest BCUT2D eigenvalue weighted by molar-refractivity contribution is -0.159. The lowest BCUT2D eigenvalue weighted by Gasteiger charge is -2.05. The van der Waals surface area contributed by atoms with Gasteiger partial charge in [0.2, 0.25) is 11.7 Å². The third kappa shape index (κ3) is 5.47. The number of hydrogen-bond acceptors (Lipinski definition) is 6. The maximum Gasteiger partial charge on any atom is 0.471 e. The summed E-state index contributed by atoms with van der Waals surface area (Å²) >= 11 is 0. The Morgan fingerprint density at radius 3 is 2.24 bits per heavy atom. The largest absolute Gasteiger partial charge is 0.471 e. The minimum Gasteiger partial charge on any atom is -0.329 e. The number of nitrogens with one attached hydrogen (secondary N) is 1. The fourth-order valence-corrected chi connectivity index (χ4v) is 2.53. The van der Waals surface area contributed by atoms with Crippen LogP contribution in [0.1, 0.15) is 23.9 Å². The number of pyridine rings is 1. The van der Waals surface area contributed by atoms with Crippen molar-refractivity contribution in [3.63, 3.8) is 0 Å². The molecule has 1 aromatic carbocycles. The first kappa shape index (κ1) is 20.2. The highest BCUT2D eigenvalue weighted by Crippen LogP contribution is 2.28. The first-order valence-corrected chi connectivity index (χ1v) is 8.45. The molecule has 0 radical (unpaired) electrons. The van der Waals surface area contributed by atoms with Crippen LogP contribution in [0.15, 0.2) is 47.1 Å². The SMILES string of the molecule is CC(=O)Nc1ccc(CC(=O)Cc2ccc(-c3noc(C(F)(F)F)n3)nc2)cc1. The third-order valence-electron chi connectivity index (χ3n) is 3.80. The number of nitrogens with zero attached hydrogens (tertiary/aromatic N) is 3. The number of ketones is 1. The zero-order valence-electron chi connectivity index (χ0n) is 15.2. The van der Waals surface area contributed by atoms with Crippen LogP contribution in [0, 0.1) is 0 Å². The number of anilines is 1. The van der Waals surface area contributed by atoms with Gasteiger partial charge in [-0.15, -0.1) is 0 Å². The van der Waals surface area contributed by atoms with Crippen LogP contribution in [0.4, 0.5) is 18.9 Å². The van der Waals surface area contributed by atoms with Crippen molar-refractivity contribution in [2.45, 2.75) is 25.9 Å². The van der Waals surface area contributed by atoms with Gasteiger partial charge in [0.1, 0.15) is 11.5 Å². The van der Waals surface area contributed by atoms with Crippen molar-refractivity contribution in [1.29, 1.82) is 0 Å². The van der Waals surface area contributed by atoms with E-state index in [1.807, 2.05) is 0 Å². The van der Waals surface area contributed by atoms with E-state index in [-0.39, 0.29) is 36.1 Å². The van der Waals surface area contributed by atoms with Crippen molar-refractivity contribution in [2.75, 3.05) is 5.32 Å². The summed E-state index contributed by atoms with van der Waals surface area (Å²) in [6.45, 7) is 1.41. The number of benzene rings is 1. The number of alkyl halides is 3. The average molecular weight is 404 g/mol. The fraction of sp³-hybridized carbons (Fsp3) is 0.211. The molecule has 2 heterocycles. The van der Waals surface area contributed by atoms with Gasteiger partial charge < -0.3 is 9.84 Å². The molecule has 0 saturated heterocycles. The monoisotopic (exact) mass is 404 g/mol. The molecule has 29 heavy (non-hydrogen) atoms. The van der Waals surface area contributed by atoms with Crippen molar-refractivity contribution >= 4 is 17.4 Å². The molecule has 0 spiro atoms. The highest BCUT2D eigenvalue weighted by molar-refractivity contribution is 5.88. The van der Waals surface area contributed by atoms with Gasteiger partial charge >= 0.3 is 12.1 Å². The van der Waals surface area contributed by atoms with E-state index in [2.05, 4.69) is 25.0 Å². The summed E-state index contributed by atoms with van der Waals surface area (Å²) in [6, 6.07) is 9.92. The summed E-state index contributed by atoms with van der Waals surface area (Å²) < 4.78 is 41.7. The number of halogens is 3. The highest BCUT2D eigenvalue weighted by Gasteiger charge is 2.38. The zero-order chi connectivity index (χ0) is 21.0. The Balaban J connectivity index is 1.60. The average Bonchev–Trinajstić information content (AvgIpc) is 3.14. The van der Waals surface area contributed by atoms with Gasteiger partial charge in [0.25, 0.3) is 0 Å². The summed E-state index contributed by atoms with van der Waals surface area (Å²) in [7, 11) is 0. The number of carbonyl (C=O) groups is 2. The van der Waals surface area contributed by atoms with Gasteiger partial charge in [-0.25, -0.2) is 0 Å². The third-order valence-corrected chi connectivity index (χ3v) is 3.80. The predicted molar refractivity (Wildman–Crippen MR) is 95.7 cm³/mol. The van der Waals surface area contributed by atoms with Crippen molar-refractivity contribution in [1.82, 2.24) is 15.1 Å². The Morgan fingerprint density at radius 1 is 1.03 bits per heavy atom. The van der Waals surface area contributed by atoms with Crippen LogP contribution in [0.5, 0.6) is 0 Å². The van der Waals surface area contributed by atoms with E-state index in [9.17, 15) is 22.8 Å². The van der Waals surface area contributed by atoms with Crippen molar-refractivity contribution in [3.05, 3.63) is 59.6 Å². The molecular formula is C19H15F3N4O3. The molecule has 10 heteroatoms. The van der Waals surface area contributed by atoms with Gasteiger partial charge in [-0.3, -0.25) is 14.6 Å². The molecule has 0 atom stereocenters. The Kier molecular flexibility index (Phi) is 5.71. The van der Waals surface area contributed by atoms with E-state index in [1.54, 1.807) is 30.3 Å². The molecule has 0 bridgehead atoms. The highest BCUT2D eigenvalue weighted by atomic mass is 19.4. The maximum absolute atomic E-state index is 12.5. The molecule has 0 fully saturated rings. The molecule has 0 unspecified atom stereocenters. The van der Waals surface area contributed by atoms with Crippen LogP contribution in [0.25, 0.3) is 11.5 Å². The first-order valence-electron chi connectivity index (χ1n) is 8.45.